The average Bonchev–Trinajstić information content (AvgIpc) is 2.61. The largest absolute Gasteiger partial charge is 0.438 e. The Hall–Kier alpha value is -1.38. The van der Waals surface area contributed by atoms with Crippen molar-refractivity contribution in [3.05, 3.63) is 24.4 Å². The summed E-state index contributed by atoms with van der Waals surface area (Å²) in [4.78, 5) is 8.52. The molecule has 2 heterocycles. The third-order valence-electron chi connectivity index (χ3n) is 2.65. The Kier molecular flexibility index (Phi) is 2.47. The Balaban J connectivity index is 2.44. The first-order valence-corrected chi connectivity index (χ1v) is 5.34. The molecule has 0 fully saturated rings. The van der Waals surface area contributed by atoms with Gasteiger partial charge >= 0.3 is 0 Å². The van der Waals surface area contributed by atoms with Gasteiger partial charge in [-0.2, -0.15) is 0 Å². The van der Waals surface area contributed by atoms with Gasteiger partial charge in [-0.3, -0.25) is 4.98 Å². The van der Waals surface area contributed by atoms with Gasteiger partial charge in [0.05, 0.1) is 6.20 Å². The van der Waals surface area contributed by atoms with E-state index in [4.69, 9.17) is 4.42 Å². The highest BCUT2D eigenvalue weighted by molar-refractivity contribution is 5.70. The minimum atomic E-state index is 0.00771. The van der Waals surface area contributed by atoms with Crippen molar-refractivity contribution in [2.24, 2.45) is 0 Å². The van der Waals surface area contributed by atoms with Crippen molar-refractivity contribution < 1.29 is 4.42 Å². The molecular formula is C12H16N2O. The number of oxazole rings is 1. The van der Waals surface area contributed by atoms with Crippen LogP contribution in [0.2, 0.25) is 0 Å². The molecule has 0 aliphatic carbocycles. The van der Waals surface area contributed by atoms with Crippen LogP contribution in [0.3, 0.4) is 0 Å². The molecule has 0 aromatic carbocycles. The number of aromatic nitrogens is 2. The highest BCUT2D eigenvalue weighted by Gasteiger charge is 2.25. The van der Waals surface area contributed by atoms with Crippen LogP contribution in [0.5, 0.6) is 0 Å². The lowest BCUT2D eigenvalue weighted by Crippen LogP contribution is -2.16. The van der Waals surface area contributed by atoms with Gasteiger partial charge in [-0.25, -0.2) is 4.98 Å². The van der Waals surface area contributed by atoms with Crippen LogP contribution >= 0.6 is 0 Å². The molecule has 0 aliphatic rings. The topological polar surface area (TPSA) is 38.9 Å². The van der Waals surface area contributed by atoms with Crippen LogP contribution in [0.15, 0.2) is 22.9 Å². The van der Waals surface area contributed by atoms with E-state index in [0.29, 0.717) is 0 Å². The molecule has 0 spiro atoms. The summed E-state index contributed by atoms with van der Waals surface area (Å²) < 4.78 is 5.71. The highest BCUT2D eigenvalue weighted by atomic mass is 16.3. The molecule has 0 aliphatic heterocycles. The Morgan fingerprint density at radius 3 is 2.87 bits per heavy atom. The smallest absolute Gasteiger partial charge is 0.201 e. The summed E-state index contributed by atoms with van der Waals surface area (Å²) in [6.45, 7) is 6.50. The lowest BCUT2D eigenvalue weighted by Gasteiger charge is -2.18. The zero-order chi connectivity index (χ0) is 10.9. The summed E-state index contributed by atoms with van der Waals surface area (Å²) in [7, 11) is 0. The average molecular weight is 204 g/mol. The molecule has 3 nitrogen and oxygen atoms in total. The van der Waals surface area contributed by atoms with Gasteiger partial charge in [0, 0.05) is 11.6 Å². The van der Waals surface area contributed by atoms with Gasteiger partial charge in [0.1, 0.15) is 5.52 Å². The SMILES string of the molecule is CCCC(C)(C)c1nc2ccncc2o1. The predicted molar refractivity (Wildman–Crippen MR) is 59.7 cm³/mol. The normalized spacial score (nSPS) is 12.2. The second-order valence-electron chi connectivity index (χ2n) is 4.50. The molecule has 0 saturated heterocycles. The Bertz CT molecular complexity index is 426. The number of fused-ring (bicyclic) bond motifs is 1. The number of hydrogen-bond donors (Lipinski definition) is 0. The molecular weight excluding hydrogens is 188 g/mol. The van der Waals surface area contributed by atoms with Gasteiger partial charge in [-0.05, 0) is 12.5 Å². The van der Waals surface area contributed by atoms with E-state index in [1.165, 1.54) is 0 Å². The molecule has 0 bridgehead atoms. The maximum atomic E-state index is 5.71. The molecule has 0 saturated carbocycles. The quantitative estimate of drug-likeness (QED) is 0.770. The summed E-state index contributed by atoms with van der Waals surface area (Å²) >= 11 is 0. The summed E-state index contributed by atoms with van der Waals surface area (Å²) in [5.41, 5.74) is 1.68. The van der Waals surface area contributed by atoms with Crippen LogP contribution in [0.25, 0.3) is 11.1 Å². The van der Waals surface area contributed by atoms with E-state index in [0.717, 1.165) is 29.8 Å². The molecule has 0 radical (unpaired) electrons. The Morgan fingerprint density at radius 2 is 2.20 bits per heavy atom. The van der Waals surface area contributed by atoms with Crippen molar-refractivity contribution in [1.82, 2.24) is 9.97 Å². The molecule has 2 aromatic heterocycles. The van der Waals surface area contributed by atoms with Crippen LogP contribution in [-0.4, -0.2) is 9.97 Å². The van der Waals surface area contributed by atoms with Crippen LogP contribution in [-0.2, 0) is 5.41 Å². The van der Waals surface area contributed by atoms with E-state index in [1.807, 2.05) is 6.07 Å². The van der Waals surface area contributed by atoms with E-state index in [9.17, 15) is 0 Å². The first-order valence-electron chi connectivity index (χ1n) is 5.34. The van der Waals surface area contributed by atoms with E-state index in [1.54, 1.807) is 12.4 Å². The zero-order valence-corrected chi connectivity index (χ0v) is 9.45. The molecule has 15 heavy (non-hydrogen) atoms. The third kappa shape index (κ3) is 1.87. The standard InChI is InChI=1S/C12H16N2O/c1-4-6-12(2,3)11-14-9-5-7-13-8-10(9)15-11/h5,7-8H,4,6H2,1-3H3. The summed E-state index contributed by atoms with van der Waals surface area (Å²) in [5.74, 6) is 0.812. The van der Waals surface area contributed by atoms with Gasteiger partial charge in [0.15, 0.2) is 5.58 Å². The molecule has 80 valence electrons. The molecule has 0 amide bonds. The molecule has 0 unspecified atom stereocenters. The minimum absolute atomic E-state index is 0.00771. The van der Waals surface area contributed by atoms with Crippen LogP contribution < -0.4 is 0 Å². The van der Waals surface area contributed by atoms with Crippen LogP contribution in [0, 0.1) is 0 Å². The minimum Gasteiger partial charge on any atom is -0.438 e. The second-order valence-corrected chi connectivity index (χ2v) is 4.50. The van der Waals surface area contributed by atoms with Gasteiger partial charge in [-0.15, -0.1) is 0 Å². The molecule has 3 heteroatoms. The van der Waals surface area contributed by atoms with Crippen molar-refractivity contribution in [2.75, 3.05) is 0 Å². The van der Waals surface area contributed by atoms with Gasteiger partial charge in [0.2, 0.25) is 5.89 Å². The summed E-state index contributed by atoms with van der Waals surface area (Å²) in [6, 6.07) is 1.88. The molecule has 0 atom stereocenters. The lowest BCUT2D eigenvalue weighted by molar-refractivity contribution is 0.359. The number of nitrogens with zero attached hydrogens (tertiary/aromatic N) is 2. The van der Waals surface area contributed by atoms with Crippen LogP contribution in [0.1, 0.15) is 39.5 Å². The number of hydrogen-bond acceptors (Lipinski definition) is 3. The van der Waals surface area contributed by atoms with Crippen LogP contribution in [0.4, 0.5) is 0 Å². The van der Waals surface area contributed by atoms with E-state index >= 15 is 0 Å². The maximum Gasteiger partial charge on any atom is 0.201 e. The van der Waals surface area contributed by atoms with Gasteiger partial charge in [0.25, 0.3) is 0 Å². The summed E-state index contributed by atoms with van der Waals surface area (Å²) in [6.07, 6.45) is 5.66. The van der Waals surface area contributed by atoms with Crippen molar-refractivity contribution in [3.8, 4) is 0 Å². The molecule has 0 N–H and O–H groups in total. The number of rotatable bonds is 3. The zero-order valence-electron chi connectivity index (χ0n) is 9.45. The fraction of sp³-hybridized carbons (Fsp3) is 0.500. The first kappa shape index (κ1) is 10.1. The Morgan fingerprint density at radius 1 is 1.40 bits per heavy atom. The van der Waals surface area contributed by atoms with Crippen molar-refractivity contribution in [3.63, 3.8) is 0 Å². The first-order chi connectivity index (χ1) is 7.13. The van der Waals surface area contributed by atoms with Crippen molar-refractivity contribution in [1.29, 1.82) is 0 Å². The predicted octanol–water partition coefficient (Wildman–Crippen LogP) is 3.30. The van der Waals surface area contributed by atoms with E-state index in [-0.39, 0.29) is 5.41 Å². The van der Waals surface area contributed by atoms with E-state index < -0.39 is 0 Å². The van der Waals surface area contributed by atoms with Crippen molar-refractivity contribution in [2.45, 2.75) is 39.0 Å². The fourth-order valence-electron chi connectivity index (χ4n) is 1.80. The highest BCUT2D eigenvalue weighted by Crippen LogP contribution is 2.29. The lowest BCUT2D eigenvalue weighted by atomic mass is 9.88. The Labute approximate surface area is 89.5 Å². The third-order valence-corrected chi connectivity index (χ3v) is 2.65. The fourth-order valence-corrected chi connectivity index (χ4v) is 1.80. The monoisotopic (exact) mass is 204 g/mol. The maximum absolute atomic E-state index is 5.71. The second kappa shape index (κ2) is 3.65. The van der Waals surface area contributed by atoms with Crippen molar-refractivity contribution >= 4 is 11.1 Å². The van der Waals surface area contributed by atoms with Gasteiger partial charge < -0.3 is 4.42 Å². The van der Waals surface area contributed by atoms with E-state index in [2.05, 4.69) is 30.7 Å². The molecule has 2 rings (SSSR count). The van der Waals surface area contributed by atoms with Gasteiger partial charge in [-0.1, -0.05) is 27.2 Å². The molecule has 2 aromatic rings. The summed E-state index contributed by atoms with van der Waals surface area (Å²) in [5, 5.41) is 0. The number of pyridine rings is 1.